The third kappa shape index (κ3) is 5.12. The molecule has 37 heavy (non-hydrogen) atoms. The Morgan fingerprint density at radius 1 is 1.08 bits per heavy atom. The molecule has 0 N–H and O–H groups in total. The van der Waals surface area contributed by atoms with E-state index in [4.69, 9.17) is 4.42 Å². The third-order valence-electron chi connectivity index (χ3n) is 6.24. The van der Waals surface area contributed by atoms with Crippen molar-refractivity contribution in [3.8, 4) is 11.3 Å². The van der Waals surface area contributed by atoms with Gasteiger partial charge >= 0.3 is 6.18 Å². The highest BCUT2D eigenvalue weighted by molar-refractivity contribution is 7.89. The number of hydrogen-bond donors (Lipinski definition) is 0. The molecule has 3 aromatic heterocycles. The van der Waals surface area contributed by atoms with Crippen molar-refractivity contribution in [3.05, 3.63) is 72.2 Å². The Morgan fingerprint density at radius 3 is 2.62 bits per heavy atom. The van der Waals surface area contributed by atoms with Gasteiger partial charge in [0.25, 0.3) is 10.0 Å². The molecule has 0 saturated carbocycles. The molecule has 1 fully saturated rings. The van der Waals surface area contributed by atoms with Crippen molar-refractivity contribution in [3.63, 3.8) is 0 Å². The number of para-hydroxylation sites is 1. The van der Waals surface area contributed by atoms with Crippen molar-refractivity contribution < 1.29 is 30.8 Å². The van der Waals surface area contributed by atoms with E-state index in [2.05, 4.69) is 15.2 Å². The normalized spacial score (nSPS) is 16.9. The van der Waals surface area contributed by atoms with Crippen LogP contribution in [-0.2, 0) is 27.4 Å². The Balaban J connectivity index is 1.28. The second-order valence-electron chi connectivity index (χ2n) is 8.68. The Labute approximate surface area is 210 Å². The Hall–Kier alpha value is -3.64. The van der Waals surface area contributed by atoms with Crippen LogP contribution >= 0.6 is 0 Å². The van der Waals surface area contributed by atoms with Crippen molar-refractivity contribution >= 4 is 26.8 Å². The summed E-state index contributed by atoms with van der Waals surface area (Å²) in [5.41, 5.74) is 0.634. The van der Waals surface area contributed by atoms with E-state index in [-0.39, 0.29) is 36.0 Å². The molecule has 192 valence electrons. The third-order valence-corrected chi connectivity index (χ3v) is 8.00. The number of hydrogen-bond acceptors (Lipinski definition) is 7. The highest BCUT2D eigenvalue weighted by Gasteiger charge is 2.40. The lowest BCUT2D eigenvalue weighted by atomic mass is 10.0. The number of fused-ring (bicyclic) bond motifs is 1. The van der Waals surface area contributed by atoms with Crippen LogP contribution in [0.25, 0.3) is 22.2 Å². The molecule has 1 aliphatic heterocycles. The molecule has 4 aromatic rings. The van der Waals surface area contributed by atoms with Crippen LogP contribution in [0.2, 0.25) is 0 Å². The van der Waals surface area contributed by atoms with Crippen LogP contribution in [0.1, 0.15) is 30.7 Å². The first kappa shape index (κ1) is 25.0. The highest BCUT2D eigenvalue weighted by Crippen LogP contribution is 2.31. The van der Waals surface area contributed by atoms with E-state index in [9.17, 15) is 26.4 Å². The predicted octanol–water partition coefficient (Wildman–Crippen LogP) is 4.66. The molecule has 1 aliphatic rings. The number of carbonyl (C=O) groups excluding carboxylic acids is 1. The first-order valence-corrected chi connectivity index (χ1v) is 13.0. The number of benzene rings is 1. The van der Waals surface area contributed by atoms with Gasteiger partial charge in [-0.1, -0.05) is 18.2 Å². The van der Waals surface area contributed by atoms with E-state index in [0.717, 1.165) is 6.07 Å². The first-order chi connectivity index (χ1) is 17.6. The molecule has 12 heteroatoms. The molecule has 0 bridgehead atoms. The number of Topliss-reactive ketones (excluding diaryl/α,β-unsaturated/α-hetero) is 1. The van der Waals surface area contributed by atoms with Gasteiger partial charge in [0.15, 0.2) is 11.5 Å². The summed E-state index contributed by atoms with van der Waals surface area (Å²) in [5, 5.41) is 7.35. The van der Waals surface area contributed by atoms with Crippen molar-refractivity contribution in [2.75, 3.05) is 6.54 Å². The van der Waals surface area contributed by atoms with Gasteiger partial charge in [-0.2, -0.15) is 17.5 Å². The minimum atomic E-state index is -4.58. The van der Waals surface area contributed by atoms with E-state index in [1.807, 2.05) is 0 Å². The average molecular weight is 531 g/mol. The fourth-order valence-electron chi connectivity index (χ4n) is 4.38. The summed E-state index contributed by atoms with van der Waals surface area (Å²) in [6.45, 7) is 0.218. The molecule has 5 rings (SSSR count). The number of carbonyl (C=O) groups is 1. The lowest BCUT2D eigenvalue weighted by molar-refractivity contribution is -0.141. The van der Waals surface area contributed by atoms with Crippen LogP contribution in [-0.4, -0.2) is 46.3 Å². The summed E-state index contributed by atoms with van der Waals surface area (Å²) >= 11 is 0. The molecule has 1 saturated heterocycles. The molecule has 1 aromatic carbocycles. The van der Waals surface area contributed by atoms with Gasteiger partial charge in [-0.25, -0.2) is 8.42 Å². The van der Waals surface area contributed by atoms with Gasteiger partial charge in [0.1, 0.15) is 5.58 Å². The summed E-state index contributed by atoms with van der Waals surface area (Å²) in [6, 6.07) is 12.9. The zero-order chi connectivity index (χ0) is 26.2. The number of halogens is 3. The number of alkyl halides is 3. The van der Waals surface area contributed by atoms with Crippen molar-refractivity contribution in [1.29, 1.82) is 0 Å². The number of ketones is 1. The molecule has 0 unspecified atom stereocenters. The molecule has 0 radical (unpaired) electrons. The maximum absolute atomic E-state index is 13.3. The second kappa shape index (κ2) is 9.67. The number of aryl methyl sites for hydroxylation is 1. The lowest BCUT2D eigenvalue weighted by Gasteiger charge is -2.21. The summed E-state index contributed by atoms with van der Waals surface area (Å²) in [5.74, 6) is -0.237. The van der Waals surface area contributed by atoms with Gasteiger partial charge in [-0.05, 0) is 49.6 Å². The topological polar surface area (TPSA) is 106 Å². The average Bonchev–Trinajstić information content (AvgIpc) is 3.55. The zero-order valence-corrected chi connectivity index (χ0v) is 20.2. The maximum atomic E-state index is 13.3. The minimum Gasteiger partial charge on any atom is -0.443 e. The molecule has 4 heterocycles. The largest absolute Gasteiger partial charge is 0.443 e. The predicted molar refractivity (Wildman–Crippen MR) is 127 cm³/mol. The zero-order valence-electron chi connectivity index (χ0n) is 19.4. The molecular formula is C25H21F3N4O4S. The lowest BCUT2D eigenvalue weighted by Crippen LogP contribution is -2.40. The number of pyridine rings is 1. The van der Waals surface area contributed by atoms with Crippen LogP contribution in [0.3, 0.4) is 0 Å². The van der Waals surface area contributed by atoms with Crippen LogP contribution in [0.15, 0.2) is 70.3 Å². The molecule has 0 spiro atoms. The maximum Gasteiger partial charge on any atom is 0.435 e. The number of rotatable bonds is 7. The van der Waals surface area contributed by atoms with Crippen LogP contribution in [0, 0.1) is 0 Å². The standard InChI is InChI=1S/C25H21F3N4O4S/c26-25(27,28)23-10-8-19(30-31-23)16-11-12-29-18(14-16)7-9-21(33)20-5-3-13-32(20)37(34,35)24-15-17-4-1-2-6-22(17)36-24/h1-2,4,6,8,10-12,14-15,20H,3,5,7,9,13H2/t20-/m0/s1. The van der Waals surface area contributed by atoms with E-state index in [0.29, 0.717) is 35.1 Å². The SMILES string of the molecule is O=C(CCc1cc(-c2ccc(C(F)(F)F)nn2)ccn1)[C@@H]1CCCN1S(=O)(=O)c1cc2ccccc2o1. The van der Waals surface area contributed by atoms with Gasteiger partial charge in [0.05, 0.1) is 11.7 Å². The summed E-state index contributed by atoms with van der Waals surface area (Å²) in [4.78, 5) is 17.3. The molecule has 0 amide bonds. The summed E-state index contributed by atoms with van der Waals surface area (Å²) in [6.07, 6.45) is -1.87. The molecular weight excluding hydrogens is 509 g/mol. The van der Waals surface area contributed by atoms with Crippen LogP contribution in [0.4, 0.5) is 13.2 Å². The fraction of sp³-hybridized carbons (Fsp3) is 0.280. The Kier molecular flexibility index (Phi) is 6.54. The highest BCUT2D eigenvalue weighted by atomic mass is 32.2. The number of aromatic nitrogens is 3. The molecule has 8 nitrogen and oxygen atoms in total. The summed E-state index contributed by atoms with van der Waals surface area (Å²) < 4.78 is 71.5. The van der Waals surface area contributed by atoms with Gasteiger partial charge in [-0.15, -0.1) is 10.2 Å². The Bertz CT molecular complexity index is 1520. The van der Waals surface area contributed by atoms with E-state index >= 15 is 0 Å². The first-order valence-electron chi connectivity index (χ1n) is 11.5. The fourth-order valence-corrected chi connectivity index (χ4v) is 6.01. The van der Waals surface area contributed by atoms with E-state index in [1.54, 1.807) is 36.4 Å². The Morgan fingerprint density at radius 2 is 1.89 bits per heavy atom. The summed E-state index contributed by atoms with van der Waals surface area (Å²) in [7, 11) is -4.00. The molecule has 1 atom stereocenters. The van der Waals surface area contributed by atoms with Gasteiger partial charge in [0.2, 0.25) is 5.09 Å². The number of furan rings is 1. The van der Waals surface area contributed by atoms with E-state index < -0.39 is 27.9 Å². The number of nitrogens with zero attached hydrogens (tertiary/aromatic N) is 4. The number of sulfonamides is 1. The van der Waals surface area contributed by atoms with Crippen molar-refractivity contribution in [2.24, 2.45) is 0 Å². The smallest absolute Gasteiger partial charge is 0.435 e. The van der Waals surface area contributed by atoms with Crippen molar-refractivity contribution in [2.45, 2.75) is 43.0 Å². The van der Waals surface area contributed by atoms with Gasteiger partial charge in [0, 0.05) is 41.9 Å². The molecule has 0 aliphatic carbocycles. The van der Waals surface area contributed by atoms with Crippen LogP contribution in [0.5, 0.6) is 0 Å². The quantitative estimate of drug-likeness (QED) is 0.342. The van der Waals surface area contributed by atoms with E-state index in [1.165, 1.54) is 22.6 Å². The monoisotopic (exact) mass is 530 g/mol. The van der Waals surface area contributed by atoms with Gasteiger partial charge < -0.3 is 4.42 Å². The van der Waals surface area contributed by atoms with Gasteiger partial charge in [-0.3, -0.25) is 9.78 Å². The van der Waals surface area contributed by atoms with Crippen LogP contribution < -0.4 is 0 Å². The minimum absolute atomic E-state index is 0.0476. The second-order valence-corrected chi connectivity index (χ2v) is 10.5. The van der Waals surface area contributed by atoms with Crippen molar-refractivity contribution in [1.82, 2.24) is 19.5 Å².